The first-order valence-electron chi connectivity index (χ1n) is 6.91. The van der Waals surface area contributed by atoms with Crippen molar-refractivity contribution in [3.8, 4) is 0 Å². The van der Waals surface area contributed by atoms with E-state index in [4.69, 9.17) is 11.6 Å². The van der Waals surface area contributed by atoms with Gasteiger partial charge in [0.2, 0.25) is 0 Å². The summed E-state index contributed by atoms with van der Waals surface area (Å²) in [6.45, 7) is 6.51. The second-order valence-corrected chi connectivity index (χ2v) is 6.54. The highest BCUT2D eigenvalue weighted by Gasteiger charge is 2.21. The maximum Gasteiger partial charge on any atom is 0.139 e. The van der Waals surface area contributed by atoms with E-state index in [1.165, 1.54) is 0 Å². The van der Waals surface area contributed by atoms with Crippen molar-refractivity contribution < 1.29 is 4.39 Å². The number of hydrogen-bond acceptors (Lipinski definition) is 1. The number of halogens is 3. The molecule has 0 radical (unpaired) electrons. The highest BCUT2D eigenvalue weighted by molar-refractivity contribution is 9.10. The predicted molar refractivity (Wildman–Crippen MR) is 86.0 cm³/mol. The number of aryl methyl sites for hydroxylation is 1. The van der Waals surface area contributed by atoms with Crippen molar-refractivity contribution in [1.82, 2.24) is 9.55 Å². The van der Waals surface area contributed by atoms with Crippen LogP contribution in [0.15, 0.2) is 16.6 Å². The van der Waals surface area contributed by atoms with Gasteiger partial charge in [-0.25, -0.2) is 9.37 Å². The summed E-state index contributed by atoms with van der Waals surface area (Å²) in [6, 6.07) is 3.61. The van der Waals surface area contributed by atoms with Gasteiger partial charge in [-0.3, -0.25) is 0 Å². The minimum absolute atomic E-state index is 0.255. The third-order valence-corrected chi connectivity index (χ3v) is 4.44. The molecule has 0 fully saturated rings. The fraction of sp³-hybridized carbons (Fsp3) is 0.533. The van der Waals surface area contributed by atoms with Crippen LogP contribution in [0.25, 0.3) is 11.0 Å². The summed E-state index contributed by atoms with van der Waals surface area (Å²) in [5.41, 5.74) is 1.67. The van der Waals surface area contributed by atoms with Gasteiger partial charge in [0.1, 0.15) is 11.6 Å². The van der Waals surface area contributed by atoms with E-state index in [2.05, 4.69) is 46.3 Å². The highest BCUT2D eigenvalue weighted by atomic mass is 79.9. The van der Waals surface area contributed by atoms with Gasteiger partial charge in [-0.2, -0.15) is 0 Å². The number of alkyl halides is 1. The van der Waals surface area contributed by atoms with Crippen molar-refractivity contribution in [3.05, 3.63) is 28.2 Å². The summed E-state index contributed by atoms with van der Waals surface area (Å²) in [6.07, 6.45) is 1.68. The molecule has 0 N–H and O–H groups in total. The molecule has 5 heteroatoms. The van der Waals surface area contributed by atoms with Gasteiger partial charge in [-0.1, -0.05) is 20.8 Å². The molecule has 0 spiro atoms. The van der Waals surface area contributed by atoms with Crippen LogP contribution >= 0.6 is 27.5 Å². The summed E-state index contributed by atoms with van der Waals surface area (Å²) in [7, 11) is 0. The third-order valence-electron chi connectivity index (χ3n) is 3.64. The van der Waals surface area contributed by atoms with Crippen molar-refractivity contribution in [2.75, 3.05) is 5.88 Å². The minimum atomic E-state index is -0.255. The summed E-state index contributed by atoms with van der Waals surface area (Å²) < 4.78 is 16.5. The number of aromatic nitrogens is 2. The Morgan fingerprint density at radius 3 is 2.65 bits per heavy atom. The first-order valence-corrected chi connectivity index (χ1v) is 8.24. The van der Waals surface area contributed by atoms with Gasteiger partial charge in [0.25, 0.3) is 0 Å². The molecule has 0 aliphatic rings. The summed E-state index contributed by atoms with van der Waals surface area (Å²) in [5.74, 6) is 1.66. The Kier molecular flexibility index (Phi) is 5.08. The molecular weight excluding hydrogens is 343 g/mol. The average molecular weight is 362 g/mol. The molecule has 1 heterocycles. The van der Waals surface area contributed by atoms with E-state index < -0.39 is 0 Å². The molecule has 1 aromatic carbocycles. The first kappa shape index (κ1) is 15.8. The number of benzene rings is 1. The van der Waals surface area contributed by atoms with Crippen molar-refractivity contribution in [3.63, 3.8) is 0 Å². The topological polar surface area (TPSA) is 17.8 Å². The summed E-state index contributed by atoms with van der Waals surface area (Å²) in [5, 5.41) is 0. The van der Waals surface area contributed by atoms with Crippen LogP contribution in [0, 0.1) is 11.7 Å². The summed E-state index contributed by atoms with van der Waals surface area (Å²) >= 11 is 9.11. The Morgan fingerprint density at radius 1 is 1.40 bits per heavy atom. The van der Waals surface area contributed by atoms with Gasteiger partial charge in [-0.15, -0.1) is 11.6 Å². The van der Waals surface area contributed by atoms with Crippen LogP contribution in [0.2, 0.25) is 0 Å². The Balaban J connectivity index is 2.70. The molecule has 0 saturated carbocycles. The zero-order chi connectivity index (χ0) is 14.9. The minimum Gasteiger partial charge on any atom is -0.324 e. The summed E-state index contributed by atoms with van der Waals surface area (Å²) in [4.78, 5) is 4.64. The molecule has 2 rings (SSSR count). The largest absolute Gasteiger partial charge is 0.324 e. The maximum atomic E-state index is 13.9. The number of hydrogen-bond donors (Lipinski definition) is 0. The van der Waals surface area contributed by atoms with E-state index in [9.17, 15) is 4.39 Å². The fourth-order valence-electron chi connectivity index (χ4n) is 2.72. The van der Waals surface area contributed by atoms with E-state index in [1.807, 2.05) is 0 Å². The second-order valence-electron chi connectivity index (χ2n) is 5.31. The number of rotatable bonds is 5. The number of fused-ring (bicyclic) bond motifs is 1. The van der Waals surface area contributed by atoms with E-state index in [-0.39, 0.29) is 5.82 Å². The molecule has 0 aliphatic heterocycles. The maximum absolute atomic E-state index is 13.9. The molecule has 1 atom stereocenters. The van der Waals surface area contributed by atoms with Crippen molar-refractivity contribution in [1.29, 1.82) is 0 Å². The molecule has 2 aromatic rings. The van der Waals surface area contributed by atoms with E-state index >= 15 is 0 Å². The number of imidazole rings is 1. The SMILES string of the molecule is CCC(C(C)C)n1c(CCCl)nc2cc(Br)c(F)cc21. The van der Waals surface area contributed by atoms with E-state index in [1.54, 1.807) is 12.1 Å². The lowest BCUT2D eigenvalue weighted by Crippen LogP contribution is -2.17. The van der Waals surface area contributed by atoms with Crippen molar-refractivity contribution in [2.45, 2.75) is 39.7 Å². The molecular formula is C15H19BrClFN2. The average Bonchev–Trinajstić information content (AvgIpc) is 2.70. The van der Waals surface area contributed by atoms with E-state index in [0.717, 1.165) is 23.3 Å². The van der Waals surface area contributed by atoms with Crippen LogP contribution in [-0.4, -0.2) is 15.4 Å². The standard InChI is InChI=1S/C15H19BrClFN2/c1-4-13(9(2)3)20-14-8-11(18)10(16)7-12(14)19-15(20)5-6-17/h7-9,13H,4-6H2,1-3H3. The molecule has 1 aromatic heterocycles. The lowest BCUT2D eigenvalue weighted by molar-refractivity contribution is 0.365. The van der Waals surface area contributed by atoms with Crippen LogP contribution in [0.3, 0.4) is 0 Å². The van der Waals surface area contributed by atoms with Gasteiger partial charge < -0.3 is 4.57 Å². The highest BCUT2D eigenvalue weighted by Crippen LogP contribution is 2.31. The van der Waals surface area contributed by atoms with Crippen molar-refractivity contribution in [2.24, 2.45) is 5.92 Å². The fourth-order valence-corrected chi connectivity index (χ4v) is 3.22. The van der Waals surface area contributed by atoms with Crippen LogP contribution in [-0.2, 0) is 6.42 Å². The molecule has 2 nitrogen and oxygen atoms in total. The Hall–Kier alpha value is -0.610. The molecule has 0 aliphatic carbocycles. The Morgan fingerprint density at radius 2 is 2.10 bits per heavy atom. The van der Waals surface area contributed by atoms with Gasteiger partial charge in [0.15, 0.2) is 0 Å². The normalized spacial score (nSPS) is 13.3. The van der Waals surface area contributed by atoms with Gasteiger partial charge in [0, 0.05) is 24.4 Å². The number of nitrogens with zero attached hydrogens (tertiary/aromatic N) is 2. The van der Waals surface area contributed by atoms with Crippen molar-refractivity contribution >= 4 is 38.6 Å². The quantitative estimate of drug-likeness (QED) is 0.658. The molecule has 1 unspecified atom stereocenters. The molecule has 20 heavy (non-hydrogen) atoms. The van der Waals surface area contributed by atoms with Crippen LogP contribution < -0.4 is 0 Å². The Labute approximate surface area is 132 Å². The van der Waals surface area contributed by atoms with Crippen LogP contribution in [0.5, 0.6) is 0 Å². The third kappa shape index (κ3) is 2.86. The lowest BCUT2D eigenvalue weighted by Gasteiger charge is -2.24. The zero-order valence-electron chi connectivity index (χ0n) is 12.0. The molecule has 0 bridgehead atoms. The first-order chi connectivity index (χ1) is 9.49. The molecule has 0 amide bonds. The van der Waals surface area contributed by atoms with Crippen LogP contribution in [0.1, 0.15) is 39.1 Å². The predicted octanol–water partition coefficient (Wildman–Crippen LogP) is 5.33. The van der Waals surface area contributed by atoms with Crippen LogP contribution in [0.4, 0.5) is 4.39 Å². The van der Waals surface area contributed by atoms with Gasteiger partial charge in [0.05, 0.1) is 15.5 Å². The van der Waals surface area contributed by atoms with Gasteiger partial charge in [-0.05, 0) is 34.3 Å². The monoisotopic (exact) mass is 360 g/mol. The van der Waals surface area contributed by atoms with Gasteiger partial charge >= 0.3 is 0 Å². The lowest BCUT2D eigenvalue weighted by atomic mass is 10.0. The van der Waals surface area contributed by atoms with E-state index in [0.29, 0.717) is 28.7 Å². The molecule has 110 valence electrons. The second kappa shape index (κ2) is 6.44. The smallest absolute Gasteiger partial charge is 0.139 e. The molecule has 0 saturated heterocycles. The zero-order valence-corrected chi connectivity index (χ0v) is 14.3. The Bertz CT molecular complexity index is 609.